The Kier molecular flexibility index (Phi) is 4.31. The standard InChI is InChI=1S/C12H20N4OS/c1-8(2)10-4-3-5-16(10)6-9-7-18-12(14-9)11(17)15-13/h7-8,10H,3-6,13H2,1-2H3,(H,15,17). The van der Waals surface area contributed by atoms with Crippen molar-refractivity contribution in [2.75, 3.05) is 6.54 Å². The summed E-state index contributed by atoms with van der Waals surface area (Å²) in [7, 11) is 0. The van der Waals surface area contributed by atoms with Crippen LogP contribution >= 0.6 is 11.3 Å². The molecule has 5 nitrogen and oxygen atoms in total. The minimum atomic E-state index is -0.312. The second kappa shape index (κ2) is 5.77. The number of thiazole rings is 1. The summed E-state index contributed by atoms with van der Waals surface area (Å²) in [4.78, 5) is 18.1. The number of likely N-dealkylation sites (tertiary alicyclic amines) is 1. The van der Waals surface area contributed by atoms with Crippen molar-refractivity contribution in [3.63, 3.8) is 0 Å². The molecule has 2 heterocycles. The number of nitrogens with one attached hydrogen (secondary N) is 1. The van der Waals surface area contributed by atoms with Crippen LogP contribution in [0.4, 0.5) is 0 Å². The molecule has 6 heteroatoms. The summed E-state index contributed by atoms with van der Waals surface area (Å²) in [5.41, 5.74) is 3.07. The number of carbonyl (C=O) groups is 1. The summed E-state index contributed by atoms with van der Waals surface area (Å²) in [6.45, 7) is 6.48. The zero-order chi connectivity index (χ0) is 13.1. The number of hydrazine groups is 1. The second-order valence-corrected chi connectivity index (χ2v) is 5.90. The third-order valence-corrected chi connectivity index (χ3v) is 4.32. The van der Waals surface area contributed by atoms with Gasteiger partial charge in [0.1, 0.15) is 0 Å². The van der Waals surface area contributed by atoms with Crippen LogP contribution in [0.1, 0.15) is 42.2 Å². The molecule has 1 aromatic heterocycles. The molecule has 0 radical (unpaired) electrons. The van der Waals surface area contributed by atoms with Crippen LogP contribution < -0.4 is 11.3 Å². The van der Waals surface area contributed by atoms with Crippen LogP contribution in [0.25, 0.3) is 0 Å². The van der Waals surface area contributed by atoms with Gasteiger partial charge in [-0.15, -0.1) is 11.3 Å². The first-order valence-electron chi connectivity index (χ1n) is 6.31. The molecule has 1 amide bonds. The number of amides is 1. The lowest BCUT2D eigenvalue weighted by Crippen LogP contribution is -2.33. The van der Waals surface area contributed by atoms with E-state index in [4.69, 9.17) is 5.84 Å². The number of hydrogen-bond acceptors (Lipinski definition) is 5. The fourth-order valence-corrected chi connectivity index (χ4v) is 3.27. The van der Waals surface area contributed by atoms with Gasteiger partial charge in [-0.05, 0) is 25.3 Å². The van der Waals surface area contributed by atoms with Gasteiger partial charge in [0.15, 0.2) is 5.01 Å². The van der Waals surface area contributed by atoms with Gasteiger partial charge in [0.2, 0.25) is 0 Å². The lowest BCUT2D eigenvalue weighted by molar-refractivity contribution is 0.0953. The lowest BCUT2D eigenvalue weighted by atomic mass is 10.0. The zero-order valence-electron chi connectivity index (χ0n) is 10.8. The van der Waals surface area contributed by atoms with E-state index in [1.807, 2.05) is 5.38 Å². The highest BCUT2D eigenvalue weighted by Gasteiger charge is 2.27. The van der Waals surface area contributed by atoms with E-state index in [0.717, 1.165) is 18.8 Å². The van der Waals surface area contributed by atoms with Crippen molar-refractivity contribution < 1.29 is 4.79 Å². The summed E-state index contributed by atoms with van der Waals surface area (Å²) in [5.74, 6) is 5.45. The maximum absolute atomic E-state index is 11.3. The quantitative estimate of drug-likeness (QED) is 0.491. The summed E-state index contributed by atoms with van der Waals surface area (Å²) in [6.07, 6.45) is 2.51. The summed E-state index contributed by atoms with van der Waals surface area (Å²) in [6, 6.07) is 0.637. The first-order valence-corrected chi connectivity index (χ1v) is 7.19. The highest BCUT2D eigenvalue weighted by Crippen LogP contribution is 2.25. The van der Waals surface area contributed by atoms with Crippen LogP contribution in [-0.2, 0) is 6.54 Å². The van der Waals surface area contributed by atoms with Crippen molar-refractivity contribution in [2.24, 2.45) is 11.8 Å². The molecule has 1 atom stereocenters. The lowest BCUT2D eigenvalue weighted by Gasteiger charge is -2.26. The van der Waals surface area contributed by atoms with Gasteiger partial charge in [0.05, 0.1) is 5.69 Å². The summed E-state index contributed by atoms with van der Waals surface area (Å²) in [5, 5.41) is 2.38. The van der Waals surface area contributed by atoms with Gasteiger partial charge in [-0.1, -0.05) is 13.8 Å². The van der Waals surface area contributed by atoms with Crippen molar-refractivity contribution in [2.45, 2.75) is 39.3 Å². The number of aromatic nitrogens is 1. The van der Waals surface area contributed by atoms with Crippen LogP contribution in [0, 0.1) is 5.92 Å². The maximum Gasteiger partial charge on any atom is 0.294 e. The third kappa shape index (κ3) is 2.88. The van der Waals surface area contributed by atoms with E-state index in [-0.39, 0.29) is 5.91 Å². The second-order valence-electron chi connectivity index (χ2n) is 5.04. The van der Waals surface area contributed by atoms with Gasteiger partial charge in [0, 0.05) is 18.0 Å². The van der Waals surface area contributed by atoms with E-state index in [1.165, 1.54) is 24.2 Å². The molecule has 1 fully saturated rings. The van der Waals surface area contributed by atoms with E-state index in [2.05, 4.69) is 29.2 Å². The zero-order valence-corrected chi connectivity index (χ0v) is 11.7. The van der Waals surface area contributed by atoms with E-state index < -0.39 is 0 Å². The Morgan fingerprint density at radius 1 is 1.72 bits per heavy atom. The van der Waals surface area contributed by atoms with Crippen LogP contribution in [0.2, 0.25) is 0 Å². The minimum absolute atomic E-state index is 0.312. The predicted octanol–water partition coefficient (Wildman–Crippen LogP) is 1.37. The first kappa shape index (κ1) is 13.5. The molecule has 1 aliphatic heterocycles. The smallest absolute Gasteiger partial charge is 0.294 e. The Hall–Kier alpha value is -0.980. The maximum atomic E-state index is 11.3. The summed E-state index contributed by atoms with van der Waals surface area (Å²) < 4.78 is 0. The number of nitrogens with zero attached hydrogens (tertiary/aromatic N) is 2. The van der Waals surface area contributed by atoms with Gasteiger partial charge < -0.3 is 0 Å². The average molecular weight is 268 g/mol. The number of nitrogens with two attached hydrogens (primary N) is 1. The highest BCUT2D eigenvalue weighted by molar-refractivity contribution is 7.11. The Labute approximate surface area is 111 Å². The molecule has 0 saturated carbocycles. The first-order chi connectivity index (χ1) is 8.61. The molecule has 0 bridgehead atoms. The Balaban J connectivity index is 2.01. The van der Waals surface area contributed by atoms with E-state index in [9.17, 15) is 4.79 Å². The molecule has 100 valence electrons. The number of carbonyl (C=O) groups excluding carboxylic acids is 1. The molecule has 1 saturated heterocycles. The fourth-order valence-electron chi connectivity index (χ4n) is 2.56. The average Bonchev–Trinajstić information content (AvgIpc) is 2.97. The molecular weight excluding hydrogens is 248 g/mol. The van der Waals surface area contributed by atoms with Crippen LogP contribution in [0.15, 0.2) is 5.38 Å². The monoisotopic (exact) mass is 268 g/mol. The van der Waals surface area contributed by atoms with Gasteiger partial charge in [0.25, 0.3) is 5.91 Å². The minimum Gasteiger partial charge on any atom is -0.294 e. The van der Waals surface area contributed by atoms with Crippen molar-refractivity contribution >= 4 is 17.2 Å². The molecule has 18 heavy (non-hydrogen) atoms. The molecular formula is C12H20N4OS. The van der Waals surface area contributed by atoms with Gasteiger partial charge >= 0.3 is 0 Å². The summed E-state index contributed by atoms with van der Waals surface area (Å²) >= 11 is 1.35. The molecule has 2 rings (SSSR count). The number of hydrogen-bond donors (Lipinski definition) is 2. The normalized spacial score (nSPS) is 20.6. The molecule has 1 aromatic rings. The largest absolute Gasteiger partial charge is 0.294 e. The van der Waals surface area contributed by atoms with Crippen LogP contribution in [0.3, 0.4) is 0 Å². The number of nitrogen functional groups attached to an aromatic ring is 1. The van der Waals surface area contributed by atoms with E-state index in [1.54, 1.807) is 0 Å². The Morgan fingerprint density at radius 2 is 2.50 bits per heavy atom. The molecule has 1 unspecified atom stereocenters. The van der Waals surface area contributed by atoms with Gasteiger partial charge in [-0.2, -0.15) is 0 Å². The van der Waals surface area contributed by atoms with Crippen molar-refractivity contribution in [3.8, 4) is 0 Å². The molecule has 0 aromatic carbocycles. The highest BCUT2D eigenvalue weighted by atomic mass is 32.1. The van der Waals surface area contributed by atoms with Crippen LogP contribution in [-0.4, -0.2) is 28.4 Å². The fraction of sp³-hybridized carbons (Fsp3) is 0.667. The Morgan fingerprint density at radius 3 is 3.17 bits per heavy atom. The SMILES string of the molecule is CC(C)C1CCCN1Cc1csc(C(=O)NN)n1. The van der Waals surface area contributed by atoms with Crippen molar-refractivity contribution in [1.82, 2.24) is 15.3 Å². The third-order valence-electron chi connectivity index (χ3n) is 3.43. The van der Waals surface area contributed by atoms with Crippen molar-refractivity contribution in [1.29, 1.82) is 0 Å². The Bertz CT molecular complexity index is 418. The van der Waals surface area contributed by atoms with Gasteiger partial charge in [-0.3, -0.25) is 15.1 Å². The van der Waals surface area contributed by atoms with E-state index >= 15 is 0 Å². The van der Waals surface area contributed by atoms with E-state index in [0.29, 0.717) is 17.0 Å². The molecule has 3 N–H and O–H groups in total. The predicted molar refractivity (Wildman–Crippen MR) is 72.0 cm³/mol. The van der Waals surface area contributed by atoms with Crippen LogP contribution in [0.5, 0.6) is 0 Å². The van der Waals surface area contributed by atoms with Gasteiger partial charge in [-0.25, -0.2) is 10.8 Å². The molecule has 0 aliphatic carbocycles. The topological polar surface area (TPSA) is 71.2 Å². The molecule has 1 aliphatic rings. The molecule has 0 spiro atoms. The van der Waals surface area contributed by atoms with Crippen molar-refractivity contribution in [3.05, 3.63) is 16.1 Å². The number of rotatable bonds is 4.